The van der Waals surface area contributed by atoms with Crippen molar-refractivity contribution < 1.29 is 14.4 Å². The minimum absolute atomic E-state index is 0.0611. The van der Waals surface area contributed by atoms with Gasteiger partial charge in [-0.25, -0.2) is 0 Å². The number of amides is 2. The van der Waals surface area contributed by atoms with Crippen molar-refractivity contribution in [2.45, 2.75) is 72.6 Å². The highest BCUT2D eigenvalue weighted by Gasteiger charge is 2.23. The monoisotopic (exact) mass is 394 g/mol. The van der Waals surface area contributed by atoms with Gasteiger partial charge in [0.1, 0.15) is 5.78 Å². The van der Waals surface area contributed by atoms with E-state index in [2.05, 4.69) is 17.6 Å². The second kappa shape index (κ2) is 11.1. The van der Waals surface area contributed by atoms with Crippen molar-refractivity contribution in [3.05, 3.63) is 23.2 Å². The van der Waals surface area contributed by atoms with Gasteiger partial charge in [0.15, 0.2) is 0 Å². The highest BCUT2D eigenvalue weighted by molar-refractivity contribution is 6.34. The van der Waals surface area contributed by atoms with Crippen LogP contribution < -0.4 is 10.6 Å². The lowest BCUT2D eigenvalue weighted by molar-refractivity contribution is -0.130. The maximum Gasteiger partial charge on any atom is 0.231 e. The predicted molar refractivity (Wildman–Crippen MR) is 111 cm³/mol. The number of nitrogens with one attached hydrogen (secondary N) is 2. The number of carbonyl (C=O) groups is 3. The molecule has 0 radical (unpaired) electrons. The van der Waals surface area contributed by atoms with Crippen molar-refractivity contribution in [1.82, 2.24) is 0 Å². The van der Waals surface area contributed by atoms with Crippen molar-refractivity contribution in [2.24, 2.45) is 5.41 Å². The van der Waals surface area contributed by atoms with Crippen molar-refractivity contribution in [2.75, 3.05) is 10.6 Å². The maximum atomic E-state index is 12.1. The van der Waals surface area contributed by atoms with Gasteiger partial charge in [-0.15, -0.1) is 0 Å². The first-order valence-electron chi connectivity index (χ1n) is 9.56. The zero-order valence-electron chi connectivity index (χ0n) is 16.8. The number of hydrogen-bond donors (Lipinski definition) is 2. The zero-order valence-corrected chi connectivity index (χ0v) is 17.5. The summed E-state index contributed by atoms with van der Waals surface area (Å²) in [5.41, 5.74) is 0.369. The van der Waals surface area contributed by atoms with Gasteiger partial charge in [-0.1, -0.05) is 65.0 Å². The van der Waals surface area contributed by atoms with Crippen LogP contribution >= 0.6 is 11.6 Å². The average Bonchev–Trinajstić information content (AvgIpc) is 2.56. The van der Waals surface area contributed by atoms with Gasteiger partial charge in [0.05, 0.1) is 17.1 Å². The van der Waals surface area contributed by atoms with E-state index >= 15 is 0 Å². The van der Waals surface area contributed by atoms with Gasteiger partial charge in [0.2, 0.25) is 11.8 Å². The van der Waals surface area contributed by atoms with Gasteiger partial charge in [0, 0.05) is 17.5 Å². The van der Waals surface area contributed by atoms with E-state index in [1.807, 2.05) is 0 Å². The summed E-state index contributed by atoms with van der Waals surface area (Å²) in [6.45, 7) is 7.47. The molecule has 0 atom stereocenters. The molecule has 27 heavy (non-hydrogen) atoms. The van der Waals surface area contributed by atoms with Crippen molar-refractivity contribution in [1.29, 1.82) is 0 Å². The highest BCUT2D eigenvalue weighted by atomic mass is 35.5. The van der Waals surface area contributed by atoms with Gasteiger partial charge >= 0.3 is 0 Å². The molecule has 0 saturated carbocycles. The lowest BCUT2D eigenvalue weighted by Gasteiger charge is -2.16. The first-order chi connectivity index (χ1) is 12.6. The summed E-state index contributed by atoms with van der Waals surface area (Å²) >= 11 is 6.12. The molecule has 0 aromatic heterocycles. The molecule has 2 N–H and O–H groups in total. The SMILES string of the molecule is CCCCCCCC(=O)Nc1ccc(Cl)c(NC(=O)CC(=O)C(C)(C)C)c1. The molecule has 1 aromatic rings. The maximum absolute atomic E-state index is 12.1. The molecule has 0 fully saturated rings. The third-order valence-electron chi connectivity index (χ3n) is 4.19. The van der Waals surface area contributed by atoms with Crippen LogP contribution in [0.1, 0.15) is 72.6 Å². The number of ketones is 1. The van der Waals surface area contributed by atoms with Gasteiger partial charge in [-0.2, -0.15) is 0 Å². The Morgan fingerprint density at radius 1 is 0.963 bits per heavy atom. The van der Waals surface area contributed by atoms with Gasteiger partial charge in [-0.05, 0) is 24.6 Å². The van der Waals surface area contributed by atoms with Gasteiger partial charge < -0.3 is 10.6 Å². The van der Waals surface area contributed by atoms with E-state index in [1.54, 1.807) is 39.0 Å². The van der Waals surface area contributed by atoms with E-state index < -0.39 is 11.3 Å². The quantitative estimate of drug-likeness (QED) is 0.401. The summed E-state index contributed by atoms with van der Waals surface area (Å²) in [4.78, 5) is 36.1. The minimum atomic E-state index is -0.575. The summed E-state index contributed by atoms with van der Waals surface area (Å²) in [6, 6.07) is 4.91. The Balaban J connectivity index is 2.60. The van der Waals surface area contributed by atoms with Gasteiger partial charge in [0.25, 0.3) is 0 Å². The van der Waals surface area contributed by atoms with Crippen LogP contribution in [-0.2, 0) is 14.4 Å². The van der Waals surface area contributed by atoms with Crippen LogP contribution in [0.5, 0.6) is 0 Å². The molecule has 0 bridgehead atoms. The predicted octanol–water partition coefficient (Wildman–Crippen LogP) is 5.58. The number of rotatable bonds is 10. The van der Waals surface area contributed by atoms with Crippen LogP contribution in [-0.4, -0.2) is 17.6 Å². The number of carbonyl (C=O) groups excluding carboxylic acids is 3. The van der Waals surface area contributed by atoms with E-state index in [-0.39, 0.29) is 18.1 Å². The fraction of sp³-hybridized carbons (Fsp3) is 0.571. The molecular formula is C21H31ClN2O3. The third-order valence-corrected chi connectivity index (χ3v) is 4.52. The summed E-state index contributed by atoms with van der Waals surface area (Å²) in [7, 11) is 0. The number of benzene rings is 1. The topological polar surface area (TPSA) is 75.3 Å². The molecule has 0 aliphatic rings. The molecule has 0 aliphatic heterocycles. The van der Waals surface area contributed by atoms with Crippen molar-refractivity contribution in [3.63, 3.8) is 0 Å². The lowest BCUT2D eigenvalue weighted by atomic mass is 9.89. The number of anilines is 2. The number of unbranched alkanes of at least 4 members (excludes halogenated alkanes) is 4. The number of hydrogen-bond acceptors (Lipinski definition) is 3. The number of halogens is 1. The fourth-order valence-electron chi connectivity index (χ4n) is 2.42. The highest BCUT2D eigenvalue weighted by Crippen LogP contribution is 2.26. The van der Waals surface area contributed by atoms with Crippen LogP contribution in [0.15, 0.2) is 18.2 Å². The zero-order chi connectivity index (χ0) is 20.4. The minimum Gasteiger partial charge on any atom is -0.326 e. The average molecular weight is 395 g/mol. The van der Waals surface area contributed by atoms with E-state index in [0.717, 1.165) is 19.3 Å². The van der Waals surface area contributed by atoms with Crippen LogP contribution in [0.3, 0.4) is 0 Å². The van der Waals surface area contributed by atoms with Crippen molar-refractivity contribution >= 4 is 40.6 Å². The molecule has 5 nitrogen and oxygen atoms in total. The first-order valence-corrected chi connectivity index (χ1v) is 9.94. The van der Waals surface area contributed by atoms with E-state index in [1.165, 1.54) is 12.8 Å². The standard InChI is InChI=1S/C21H31ClN2O3/c1-5-6-7-8-9-10-19(26)23-15-11-12-16(22)17(13-15)24-20(27)14-18(25)21(2,3)4/h11-13H,5-10,14H2,1-4H3,(H,23,26)(H,24,27). The molecule has 0 heterocycles. The molecule has 0 aliphatic carbocycles. The number of Topliss-reactive ketones (excluding diaryl/α,β-unsaturated/α-hetero) is 1. The second-order valence-electron chi connectivity index (χ2n) is 7.81. The summed E-state index contributed by atoms with van der Waals surface area (Å²) in [6.07, 6.45) is 5.67. The van der Waals surface area contributed by atoms with E-state index in [4.69, 9.17) is 11.6 Å². The molecule has 1 rings (SSSR count). The Labute approximate surface area is 167 Å². The van der Waals surface area contributed by atoms with Crippen LogP contribution in [0.4, 0.5) is 11.4 Å². The molecule has 2 amide bonds. The third kappa shape index (κ3) is 9.05. The van der Waals surface area contributed by atoms with E-state index in [9.17, 15) is 14.4 Å². The molecular weight excluding hydrogens is 364 g/mol. The van der Waals surface area contributed by atoms with E-state index in [0.29, 0.717) is 22.8 Å². The normalized spacial score (nSPS) is 11.1. The largest absolute Gasteiger partial charge is 0.326 e. The molecule has 1 aromatic carbocycles. The molecule has 0 unspecified atom stereocenters. The molecule has 0 spiro atoms. The Hall–Kier alpha value is -1.88. The van der Waals surface area contributed by atoms with Crippen molar-refractivity contribution in [3.8, 4) is 0 Å². The molecule has 150 valence electrons. The van der Waals surface area contributed by atoms with Crippen LogP contribution in [0.2, 0.25) is 5.02 Å². The Kier molecular flexibility index (Phi) is 9.50. The van der Waals surface area contributed by atoms with Crippen LogP contribution in [0, 0.1) is 5.41 Å². The van der Waals surface area contributed by atoms with Gasteiger partial charge in [-0.3, -0.25) is 14.4 Å². The Morgan fingerprint density at radius 3 is 2.26 bits per heavy atom. The summed E-state index contributed by atoms with van der Waals surface area (Å²) in [5.74, 6) is -0.631. The Bertz CT molecular complexity index is 666. The summed E-state index contributed by atoms with van der Waals surface area (Å²) < 4.78 is 0. The lowest BCUT2D eigenvalue weighted by Crippen LogP contribution is -2.26. The second-order valence-corrected chi connectivity index (χ2v) is 8.21. The first kappa shape index (κ1) is 23.2. The Morgan fingerprint density at radius 2 is 1.63 bits per heavy atom. The molecule has 0 saturated heterocycles. The fourth-order valence-corrected chi connectivity index (χ4v) is 2.58. The summed E-state index contributed by atoms with van der Waals surface area (Å²) in [5, 5.41) is 5.82. The van der Waals surface area contributed by atoms with Crippen LogP contribution in [0.25, 0.3) is 0 Å². The smallest absolute Gasteiger partial charge is 0.231 e. The molecule has 6 heteroatoms.